The van der Waals surface area contributed by atoms with Crippen LogP contribution in [0.4, 0.5) is 0 Å². The fourth-order valence-corrected chi connectivity index (χ4v) is 1.75. The molecule has 0 unspecified atom stereocenters. The smallest absolute Gasteiger partial charge is 0.371 e. The monoisotopic (exact) mass is 280 g/mol. The number of carbonyl (C=O) groups is 1. The van der Waals surface area contributed by atoms with E-state index in [0.717, 1.165) is 5.56 Å². The Morgan fingerprint density at radius 2 is 2.11 bits per heavy atom. The third-order valence-corrected chi connectivity index (χ3v) is 3.18. The summed E-state index contributed by atoms with van der Waals surface area (Å²) in [5.41, 5.74) is 1.64. The quantitative estimate of drug-likeness (QED) is 0.925. The van der Waals surface area contributed by atoms with E-state index in [0.29, 0.717) is 22.1 Å². The van der Waals surface area contributed by atoms with Gasteiger partial charge < -0.3 is 14.3 Å². The summed E-state index contributed by atoms with van der Waals surface area (Å²) < 4.78 is 10.7. The number of furan rings is 1. The molecular weight excluding hydrogens is 268 g/mol. The summed E-state index contributed by atoms with van der Waals surface area (Å²) in [6.45, 7) is 3.85. The van der Waals surface area contributed by atoms with E-state index in [4.69, 9.17) is 25.9 Å². The highest BCUT2D eigenvalue weighted by Crippen LogP contribution is 2.23. The van der Waals surface area contributed by atoms with Gasteiger partial charge in [0.1, 0.15) is 18.1 Å². The third kappa shape index (κ3) is 3.09. The first-order valence-electron chi connectivity index (χ1n) is 5.69. The van der Waals surface area contributed by atoms with Crippen molar-refractivity contribution in [1.29, 1.82) is 0 Å². The van der Waals surface area contributed by atoms with Crippen LogP contribution in [0.25, 0.3) is 0 Å². The molecule has 0 aliphatic heterocycles. The third-order valence-electron chi connectivity index (χ3n) is 2.76. The van der Waals surface area contributed by atoms with Gasteiger partial charge in [-0.25, -0.2) is 4.79 Å². The lowest BCUT2D eigenvalue weighted by atomic mass is 10.2. The lowest BCUT2D eigenvalue weighted by Gasteiger charge is -2.06. The Hall–Kier alpha value is -1.94. The van der Waals surface area contributed by atoms with Gasteiger partial charge in [0.05, 0.1) is 0 Å². The molecule has 1 aromatic heterocycles. The molecule has 0 saturated heterocycles. The summed E-state index contributed by atoms with van der Waals surface area (Å²) in [6.07, 6.45) is 0. The van der Waals surface area contributed by atoms with Crippen LogP contribution in [0.15, 0.2) is 28.7 Å². The van der Waals surface area contributed by atoms with Crippen molar-refractivity contribution in [2.24, 2.45) is 0 Å². The Morgan fingerprint density at radius 3 is 2.68 bits per heavy atom. The highest BCUT2D eigenvalue weighted by Gasteiger charge is 2.13. The highest BCUT2D eigenvalue weighted by atomic mass is 35.5. The molecular formula is C14H13ClO4. The zero-order valence-corrected chi connectivity index (χ0v) is 11.3. The average Bonchev–Trinajstić information content (AvgIpc) is 2.73. The topological polar surface area (TPSA) is 59.7 Å². The van der Waals surface area contributed by atoms with Gasteiger partial charge in [0, 0.05) is 10.6 Å². The number of rotatable bonds is 4. The molecule has 100 valence electrons. The van der Waals surface area contributed by atoms with Gasteiger partial charge in [-0.1, -0.05) is 11.6 Å². The van der Waals surface area contributed by atoms with Crippen molar-refractivity contribution in [3.63, 3.8) is 0 Å². The minimum absolute atomic E-state index is 0.0802. The van der Waals surface area contributed by atoms with Crippen molar-refractivity contribution in [1.82, 2.24) is 0 Å². The van der Waals surface area contributed by atoms with Crippen molar-refractivity contribution < 1.29 is 19.1 Å². The number of hydrogen-bond donors (Lipinski definition) is 1. The summed E-state index contributed by atoms with van der Waals surface area (Å²) in [5, 5.41) is 9.51. The SMILES string of the molecule is Cc1cc(OCc2cc(C(=O)O)oc2C)ccc1Cl. The number of halogens is 1. The zero-order chi connectivity index (χ0) is 14.0. The molecule has 5 heteroatoms. The second-order valence-electron chi connectivity index (χ2n) is 4.20. The molecule has 19 heavy (non-hydrogen) atoms. The maximum atomic E-state index is 10.8. The summed E-state index contributed by atoms with van der Waals surface area (Å²) in [6, 6.07) is 6.83. The molecule has 0 aliphatic carbocycles. The summed E-state index contributed by atoms with van der Waals surface area (Å²) >= 11 is 5.93. The minimum atomic E-state index is -1.09. The lowest BCUT2D eigenvalue weighted by molar-refractivity contribution is 0.0661. The Morgan fingerprint density at radius 1 is 1.37 bits per heavy atom. The van der Waals surface area contributed by atoms with Gasteiger partial charge in [0.2, 0.25) is 5.76 Å². The van der Waals surface area contributed by atoms with Crippen LogP contribution in [0.2, 0.25) is 5.02 Å². The van der Waals surface area contributed by atoms with E-state index in [1.807, 2.05) is 13.0 Å². The predicted octanol–water partition coefficient (Wildman–Crippen LogP) is 3.83. The van der Waals surface area contributed by atoms with Gasteiger partial charge in [-0.2, -0.15) is 0 Å². The molecule has 0 saturated carbocycles. The molecule has 0 fully saturated rings. The molecule has 0 amide bonds. The largest absolute Gasteiger partial charge is 0.489 e. The molecule has 1 aromatic carbocycles. The van der Waals surface area contributed by atoms with Crippen LogP contribution in [0, 0.1) is 13.8 Å². The van der Waals surface area contributed by atoms with Crippen molar-refractivity contribution in [3.8, 4) is 5.75 Å². The fourth-order valence-electron chi connectivity index (χ4n) is 1.64. The first kappa shape index (κ1) is 13.5. The van der Waals surface area contributed by atoms with E-state index >= 15 is 0 Å². The van der Waals surface area contributed by atoms with Gasteiger partial charge in [-0.15, -0.1) is 0 Å². The number of carboxylic acid groups (broad SMARTS) is 1. The van der Waals surface area contributed by atoms with Crippen LogP contribution >= 0.6 is 11.6 Å². The van der Waals surface area contributed by atoms with Gasteiger partial charge in [-0.05, 0) is 43.7 Å². The van der Waals surface area contributed by atoms with Crippen molar-refractivity contribution >= 4 is 17.6 Å². The molecule has 0 spiro atoms. The number of ether oxygens (including phenoxy) is 1. The molecule has 2 rings (SSSR count). The molecule has 0 aliphatic rings. The normalized spacial score (nSPS) is 10.5. The second-order valence-corrected chi connectivity index (χ2v) is 4.60. The van der Waals surface area contributed by atoms with E-state index < -0.39 is 5.97 Å². The highest BCUT2D eigenvalue weighted by molar-refractivity contribution is 6.31. The van der Waals surface area contributed by atoms with Gasteiger partial charge in [0.25, 0.3) is 0 Å². The van der Waals surface area contributed by atoms with Crippen LogP contribution < -0.4 is 4.74 Å². The van der Waals surface area contributed by atoms with Crippen LogP contribution in [-0.4, -0.2) is 11.1 Å². The molecule has 2 aromatic rings. The summed E-state index contributed by atoms with van der Waals surface area (Å²) in [7, 11) is 0. The Balaban J connectivity index is 2.09. The van der Waals surface area contributed by atoms with Crippen molar-refractivity contribution in [3.05, 3.63) is 51.9 Å². The van der Waals surface area contributed by atoms with Gasteiger partial charge in [0.15, 0.2) is 0 Å². The molecule has 0 atom stereocenters. The number of benzene rings is 1. The Labute approximate surface area is 115 Å². The molecule has 0 bridgehead atoms. The number of aryl methyl sites for hydroxylation is 2. The second kappa shape index (κ2) is 5.36. The van der Waals surface area contributed by atoms with Crippen LogP contribution in [0.5, 0.6) is 5.75 Å². The number of carboxylic acids is 1. The van der Waals surface area contributed by atoms with Crippen LogP contribution in [-0.2, 0) is 6.61 Å². The lowest BCUT2D eigenvalue weighted by Crippen LogP contribution is -1.96. The van der Waals surface area contributed by atoms with E-state index in [1.54, 1.807) is 19.1 Å². The molecule has 1 heterocycles. The van der Waals surface area contributed by atoms with Crippen LogP contribution in [0.3, 0.4) is 0 Å². The minimum Gasteiger partial charge on any atom is -0.489 e. The fraction of sp³-hybridized carbons (Fsp3) is 0.214. The van der Waals surface area contributed by atoms with E-state index in [2.05, 4.69) is 0 Å². The maximum absolute atomic E-state index is 10.8. The maximum Gasteiger partial charge on any atom is 0.371 e. The predicted molar refractivity (Wildman–Crippen MR) is 70.9 cm³/mol. The summed E-state index contributed by atoms with van der Waals surface area (Å²) in [4.78, 5) is 10.8. The summed E-state index contributed by atoms with van der Waals surface area (Å²) in [5.74, 6) is 0.0579. The van der Waals surface area contributed by atoms with Crippen molar-refractivity contribution in [2.45, 2.75) is 20.5 Å². The van der Waals surface area contributed by atoms with Gasteiger partial charge >= 0.3 is 5.97 Å². The van der Waals surface area contributed by atoms with Gasteiger partial charge in [-0.3, -0.25) is 0 Å². The first-order chi connectivity index (χ1) is 8.97. The first-order valence-corrected chi connectivity index (χ1v) is 6.06. The molecule has 4 nitrogen and oxygen atoms in total. The van der Waals surface area contributed by atoms with Crippen LogP contribution in [0.1, 0.15) is 27.4 Å². The standard InChI is InChI=1S/C14H13ClO4/c1-8-5-11(3-4-12(8)15)18-7-10-6-13(14(16)17)19-9(10)2/h3-6H,7H2,1-2H3,(H,16,17). The van der Waals surface area contributed by atoms with E-state index in [9.17, 15) is 4.79 Å². The van der Waals surface area contributed by atoms with E-state index in [1.165, 1.54) is 6.07 Å². The van der Waals surface area contributed by atoms with E-state index in [-0.39, 0.29) is 12.4 Å². The zero-order valence-electron chi connectivity index (χ0n) is 10.6. The molecule has 1 N–H and O–H groups in total. The number of aromatic carboxylic acids is 1. The average molecular weight is 281 g/mol. The Kier molecular flexibility index (Phi) is 3.81. The molecule has 0 radical (unpaired) electrons. The Bertz CT molecular complexity index is 616. The van der Waals surface area contributed by atoms with Crippen molar-refractivity contribution in [2.75, 3.05) is 0 Å². The number of hydrogen-bond acceptors (Lipinski definition) is 3.